The van der Waals surface area contributed by atoms with Crippen molar-refractivity contribution in [1.82, 2.24) is 19.1 Å². The van der Waals surface area contributed by atoms with Crippen molar-refractivity contribution < 1.29 is 0 Å². The molecule has 0 unspecified atom stereocenters. The summed E-state index contributed by atoms with van der Waals surface area (Å²) in [5.41, 5.74) is 16.4. The molecule has 0 aliphatic carbocycles. The van der Waals surface area contributed by atoms with Crippen molar-refractivity contribution in [3.05, 3.63) is 231 Å². The summed E-state index contributed by atoms with van der Waals surface area (Å²) in [4.78, 5) is 10.4. The minimum atomic E-state index is 0.684. The number of fused-ring (bicyclic) bond motifs is 7. The molecular formula is C58H38N4. The Balaban J connectivity index is 1.02. The van der Waals surface area contributed by atoms with Gasteiger partial charge in [-0.25, -0.2) is 9.97 Å². The zero-order valence-corrected chi connectivity index (χ0v) is 33.7. The van der Waals surface area contributed by atoms with Crippen LogP contribution in [0.5, 0.6) is 0 Å². The number of rotatable bonds is 7. The van der Waals surface area contributed by atoms with E-state index >= 15 is 0 Å². The molecule has 0 spiro atoms. The van der Waals surface area contributed by atoms with Crippen LogP contribution in [0.25, 0.3) is 111 Å². The van der Waals surface area contributed by atoms with E-state index in [9.17, 15) is 0 Å². The van der Waals surface area contributed by atoms with Gasteiger partial charge in [0.15, 0.2) is 5.82 Å². The van der Waals surface area contributed by atoms with Crippen LogP contribution in [0.1, 0.15) is 0 Å². The van der Waals surface area contributed by atoms with E-state index in [1.807, 2.05) is 12.1 Å². The molecule has 9 aromatic carbocycles. The molecule has 0 aliphatic rings. The van der Waals surface area contributed by atoms with Gasteiger partial charge in [0.25, 0.3) is 0 Å². The van der Waals surface area contributed by atoms with Gasteiger partial charge < -0.3 is 9.13 Å². The first-order valence-electron chi connectivity index (χ1n) is 21.1. The zero-order chi connectivity index (χ0) is 41.0. The Morgan fingerprint density at radius 2 is 0.597 bits per heavy atom. The fourth-order valence-electron chi connectivity index (χ4n) is 9.18. The number of nitrogens with zero attached hydrogens (tertiary/aromatic N) is 4. The summed E-state index contributed by atoms with van der Waals surface area (Å²) in [6.07, 6.45) is 0. The maximum atomic E-state index is 5.21. The van der Waals surface area contributed by atoms with E-state index in [4.69, 9.17) is 9.97 Å². The molecule has 12 aromatic rings. The summed E-state index contributed by atoms with van der Waals surface area (Å²) < 4.78 is 4.88. The zero-order valence-electron chi connectivity index (χ0n) is 33.7. The lowest BCUT2D eigenvalue weighted by Crippen LogP contribution is -1.99. The van der Waals surface area contributed by atoms with E-state index in [2.05, 4.69) is 228 Å². The van der Waals surface area contributed by atoms with Crippen LogP contribution in [0.4, 0.5) is 0 Å². The lowest BCUT2D eigenvalue weighted by Gasteiger charge is -2.14. The molecule has 0 atom stereocenters. The second kappa shape index (κ2) is 14.7. The fourth-order valence-corrected chi connectivity index (χ4v) is 9.18. The molecule has 0 amide bonds. The van der Waals surface area contributed by atoms with E-state index in [-0.39, 0.29) is 0 Å². The van der Waals surface area contributed by atoms with Crippen LogP contribution >= 0.6 is 0 Å². The highest BCUT2D eigenvalue weighted by atomic mass is 15.0. The van der Waals surface area contributed by atoms with Crippen LogP contribution in [0.15, 0.2) is 231 Å². The van der Waals surface area contributed by atoms with E-state index < -0.39 is 0 Å². The van der Waals surface area contributed by atoms with Gasteiger partial charge in [0, 0.05) is 49.6 Å². The molecular weight excluding hydrogens is 753 g/mol. The lowest BCUT2D eigenvalue weighted by atomic mass is 10.0. The Kier molecular flexibility index (Phi) is 8.46. The number of aromatic nitrogens is 4. The Morgan fingerprint density at radius 3 is 1.06 bits per heavy atom. The quantitative estimate of drug-likeness (QED) is 0.161. The van der Waals surface area contributed by atoms with Crippen LogP contribution in [-0.4, -0.2) is 19.1 Å². The van der Waals surface area contributed by atoms with E-state index in [0.717, 1.165) is 45.0 Å². The average molecular weight is 791 g/mol. The van der Waals surface area contributed by atoms with E-state index in [0.29, 0.717) is 5.82 Å². The van der Waals surface area contributed by atoms with E-state index in [1.54, 1.807) is 0 Å². The van der Waals surface area contributed by atoms with Gasteiger partial charge in [0.1, 0.15) is 0 Å². The largest absolute Gasteiger partial charge is 0.307 e. The first kappa shape index (κ1) is 35.6. The van der Waals surface area contributed by atoms with Gasteiger partial charge in [-0.3, -0.25) is 0 Å². The summed E-state index contributed by atoms with van der Waals surface area (Å²) in [5, 5.41) is 4.87. The third-order valence-corrected chi connectivity index (χ3v) is 12.2. The third-order valence-electron chi connectivity index (χ3n) is 12.2. The number of benzene rings is 9. The van der Waals surface area contributed by atoms with Crippen LogP contribution in [0.2, 0.25) is 0 Å². The lowest BCUT2D eigenvalue weighted by molar-refractivity contribution is 1.14. The molecule has 62 heavy (non-hydrogen) atoms. The predicted octanol–water partition coefficient (Wildman–Crippen LogP) is 15.0. The van der Waals surface area contributed by atoms with Crippen molar-refractivity contribution in [1.29, 1.82) is 0 Å². The van der Waals surface area contributed by atoms with Crippen LogP contribution in [-0.2, 0) is 0 Å². The molecule has 0 fully saturated rings. The topological polar surface area (TPSA) is 35.6 Å². The molecule has 0 aliphatic heterocycles. The fraction of sp³-hybridized carbons (Fsp3) is 0. The van der Waals surface area contributed by atoms with Crippen molar-refractivity contribution in [2.45, 2.75) is 0 Å². The van der Waals surface area contributed by atoms with Crippen molar-refractivity contribution >= 4 is 43.6 Å². The molecule has 4 heteroatoms. The second-order valence-electron chi connectivity index (χ2n) is 15.8. The molecule has 290 valence electrons. The van der Waals surface area contributed by atoms with Gasteiger partial charge in [0.2, 0.25) is 0 Å². The van der Waals surface area contributed by atoms with Gasteiger partial charge in [-0.15, -0.1) is 0 Å². The molecule has 0 saturated heterocycles. The maximum Gasteiger partial charge on any atom is 0.160 e. The van der Waals surface area contributed by atoms with Gasteiger partial charge in [0.05, 0.1) is 33.5 Å². The minimum Gasteiger partial charge on any atom is -0.307 e. The molecule has 0 bridgehead atoms. The summed E-state index contributed by atoms with van der Waals surface area (Å²) >= 11 is 0. The standard InChI is InChI=1S/C58H38N4/c1-4-14-39(15-5-1)41-24-26-44(27-25-41)53-38-52(43-18-8-3-9-19-43)59-58(60-53)45-30-34-47(35-31-45)62-55-23-13-11-21-49(55)51-37-36-50-48-20-10-12-22-54(48)61(56(50)57(51)62)46-32-28-42(29-33-46)40-16-6-2-7-17-40/h1-38H. The number of para-hydroxylation sites is 2. The SMILES string of the molecule is c1ccc(-c2ccc(-c3cc(-c4ccccc4)nc(-c4ccc(-n5c6ccccc6c6ccc7c8ccccc8n(-c8ccc(-c9ccccc9)cc8)c7c65)cc4)n3)cc2)cc1. The number of hydrogen-bond donors (Lipinski definition) is 0. The van der Waals surface area contributed by atoms with Gasteiger partial charge in [-0.1, -0.05) is 176 Å². The smallest absolute Gasteiger partial charge is 0.160 e. The van der Waals surface area contributed by atoms with Crippen LogP contribution in [0, 0.1) is 0 Å². The van der Waals surface area contributed by atoms with Crippen molar-refractivity contribution in [2.24, 2.45) is 0 Å². The maximum absolute atomic E-state index is 5.21. The van der Waals surface area contributed by atoms with Crippen molar-refractivity contribution in [3.63, 3.8) is 0 Å². The van der Waals surface area contributed by atoms with Gasteiger partial charge in [-0.05, 0) is 76.9 Å². The molecule has 12 rings (SSSR count). The second-order valence-corrected chi connectivity index (χ2v) is 15.8. The average Bonchev–Trinajstić information content (AvgIpc) is 3.88. The molecule has 4 nitrogen and oxygen atoms in total. The normalized spacial score (nSPS) is 11.5. The van der Waals surface area contributed by atoms with Gasteiger partial charge in [-0.2, -0.15) is 0 Å². The van der Waals surface area contributed by atoms with Gasteiger partial charge >= 0.3 is 0 Å². The highest BCUT2D eigenvalue weighted by molar-refractivity contribution is 6.23. The van der Waals surface area contributed by atoms with Crippen molar-refractivity contribution in [2.75, 3.05) is 0 Å². The Hall–Kier alpha value is -8.34. The highest BCUT2D eigenvalue weighted by Crippen LogP contribution is 2.42. The summed E-state index contributed by atoms with van der Waals surface area (Å²) in [7, 11) is 0. The molecule has 0 N–H and O–H groups in total. The Bertz CT molecular complexity index is 3570. The summed E-state index contributed by atoms with van der Waals surface area (Å²) in [6.45, 7) is 0. The minimum absolute atomic E-state index is 0.684. The first-order chi connectivity index (χ1) is 30.7. The van der Waals surface area contributed by atoms with E-state index in [1.165, 1.54) is 60.3 Å². The van der Waals surface area contributed by atoms with Crippen molar-refractivity contribution in [3.8, 4) is 67.5 Å². The first-order valence-corrected chi connectivity index (χ1v) is 21.1. The molecule has 3 heterocycles. The molecule has 0 saturated carbocycles. The summed E-state index contributed by atoms with van der Waals surface area (Å²) in [5.74, 6) is 0.684. The van der Waals surface area contributed by atoms with Crippen LogP contribution < -0.4 is 0 Å². The molecule has 3 aromatic heterocycles. The summed E-state index contributed by atoms with van der Waals surface area (Å²) in [6, 6.07) is 82.1. The monoisotopic (exact) mass is 790 g/mol. The number of hydrogen-bond acceptors (Lipinski definition) is 2. The molecule has 0 radical (unpaired) electrons. The van der Waals surface area contributed by atoms with Crippen LogP contribution in [0.3, 0.4) is 0 Å². The highest BCUT2D eigenvalue weighted by Gasteiger charge is 2.21. The Morgan fingerprint density at radius 1 is 0.258 bits per heavy atom. The third kappa shape index (κ3) is 6.00. The predicted molar refractivity (Wildman–Crippen MR) is 258 cm³/mol. The Labute approximate surface area is 359 Å².